The first-order chi connectivity index (χ1) is 10.1. The smallest absolute Gasteiger partial charge is 0.187 e. The molecule has 0 bridgehead atoms. The number of nitriles is 3. The molecule has 2 rings (SSSR count). The molecule has 0 fully saturated rings. The normalized spacial score (nSPS) is 30.4. The molecule has 0 saturated carbocycles. The Bertz CT molecular complexity index is 607. The molecule has 2 N–H and O–H groups in total. The maximum absolute atomic E-state index is 9.62. The third-order valence-electron chi connectivity index (χ3n) is 5.16. The molecule has 0 radical (unpaired) electrons. The van der Waals surface area contributed by atoms with Gasteiger partial charge in [0.15, 0.2) is 5.41 Å². The lowest BCUT2D eigenvalue weighted by Crippen LogP contribution is -2.44. The van der Waals surface area contributed by atoms with E-state index in [9.17, 15) is 15.8 Å². The number of rotatable bonds is 2. The van der Waals surface area contributed by atoms with E-state index in [1.54, 1.807) is 0 Å². The third-order valence-corrected chi connectivity index (χ3v) is 5.16. The van der Waals surface area contributed by atoms with Gasteiger partial charge in [-0.15, -0.1) is 0 Å². The standard InChI is InChI=1S/C17H20N4/c1-3-11-5-6-12-13(7-11)15(4-2)17(9-19,10-20)16(21)14(12)8-18/h6,11,13,15H,3-5,7,21H2,1-2H3/t11-,13-,15-/m1/s1. The van der Waals surface area contributed by atoms with Crippen molar-refractivity contribution in [2.24, 2.45) is 28.9 Å². The molecule has 0 amide bonds. The van der Waals surface area contributed by atoms with Crippen molar-refractivity contribution in [3.05, 3.63) is 22.9 Å². The van der Waals surface area contributed by atoms with Crippen molar-refractivity contribution >= 4 is 0 Å². The Labute approximate surface area is 126 Å². The number of fused-ring (bicyclic) bond motifs is 1. The van der Waals surface area contributed by atoms with Crippen LogP contribution >= 0.6 is 0 Å². The Morgan fingerprint density at radius 1 is 1.24 bits per heavy atom. The molecule has 0 unspecified atom stereocenters. The van der Waals surface area contributed by atoms with Gasteiger partial charge in [0.2, 0.25) is 0 Å². The molecule has 21 heavy (non-hydrogen) atoms. The summed E-state index contributed by atoms with van der Waals surface area (Å²) in [6.45, 7) is 4.15. The molecule has 108 valence electrons. The highest BCUT2D eigenvalue weighted by Gasteiger charge is 2.52. The Morgan fingerprint density at radius 3 is 2.38 bits per heavy atom. The second-order valence-corrected chi connectivity index (χ2v) is 5.96. The Morgan fingerprint density at radius 2 is 1.90 bits per heavy atom. The van der Waals surface area contributed by atoms with Gasteiger partial charge >= 0.3 is 0 Å². The van der Waals surface area contributed by atoms with Crippen molar-refractivity contribution in [2.45, 2.75) is 39.5 Å². The zero-order valence-corrected chi connectivity index (χ0v) is 12.6. The molecular formula is C17H20N4. The summed E-state index contributed by atoms with van der Waals surface area (Å²) in [5, 5.41) is 28.7. The predicted molar refractivity (Wildman–Crippen MR) is 78.9 cm³/mol. The van der Waals surface area contributed by atoms with Crippen LogP contribution in [0.2, 0.25) is 0 Å². The minimum atomic E-state index is -1.36. The fourth-order valence-corrected chi connectivity index (χ4v) is 3.91. The van der Waals surface area contributed by atoms with Gasteiger partial charge in [0, 0.05) is 5.92 Å². The highest BCUT2D eigenvalue weighted by Crippen LogP contribution is 2.53. The largest absolute Gasteiger partial charge is 0.399 e. The van der Waals surface area contributed by atoms with Gasteiger partial charge < -0.3 is 5.73 Å². The van der Waals surface area contributed by atoms with E-state index < -0.39 is 5.41 Å². The second kappa shape index (κ2) is 5.63. The van der Waals surface area contributed by atoms with E-state index in [2.05, 4.69) is 31.2 Å². The van der Waals surface area contributed by atoms with Gasteiger partial charge in [-0.25, -0.2) is 0 Å². The van der Waals surface area contributed by atoms with Crippen molar-refractivity contribution in [1.29, 1.82) is 15.8 Å². The summed E-state index contributed by atoms with van der Waals surface area (Å²) in [6.07, 6.45) is 5.77. The SMILES string of the molecule is CC[C@@H]1CC=C2C(C#N)=C(N)C(C#N)(C#N)[C@H](CC)[C@@H]2C1. The number of allylic oxidation sites excluding steroid dienone is 4. The van der Waals surface area contributed by atoms with Crippen molar-refractivity contribution in [1.82, 2.24) is 0 Å². The number of hydrogen-bond acceptors (Lipinski definition) is 4. The van der Waals surface area contributed by atoms with Gasteiger partial charge in [0.1, 0.15) is 6.07 Å². The summed E-state index contributed by atoms with van der Waals surface area (Å²) >= 11 is 0. The lowest BCUT2D eigenvalue weighted by Gasteiger charge is -2.44. The van der Waals surface area contributed by atoms with E-state index in [1.807, 2.05) is 6.92 Å². The van der Waals surface area contributed by atoms with Crippen molar-refractivity contribution < 1.29 is 0 Å². The van der Waals surface area contributed by atoms with Crippen LogP contribution in [0.1, 0.15) is 39.5 Å². The number of nitrogens with two attached hydrogens (primary N) is 1. The van der Waals surface area contributed by atoms with Gasteiger partial charge in [-0.1, -0.05) is 26.3 Å². The van der Waals surface area contributed by atoms with Crippen LogP contribution in [0.25, 0.3) is 0 Å². The van der Waals surface area contributed by atoms with Crippen molar-refractivity contribution in [3.8, 4) is 18.2 Å². The average molecular weight is 280 g/mol. The van der Waals surface area contributed by atoms with E-state index in [0.717, 1.165) is 24.8 Å². The number of hydrogen-bond donors (Lipinski definition) is 1. The van der Waals surface area contributed by atoms with Gasteiger partial charge in [-0.3, -0.25) is 0 Å². The Hall–Kier alpha value is -2.25. The van der Waals surface area contributed by atoms with Gasteiger partial charge in [-0.05, 0) is 36.7 Å². The summed E-state index contributed by atoms with van der Waals surface area (Å²) in [7, 11) is 0. The lowest BCUT2D eigenvalue weighted by molar-refractivity contribution is 0.200. The van der Waals surface area contributed by atoms with Crippen LogP contribution < -0.4 is 5.73 Å². The van der Waals surface area contributed by atoms with E-state index in [1.165, 1.54) is 0 Å². The quantitative estimate of drug-likeness (QED) is 0.840. The average Bonchev–Trinajstić information content (AvgIpc) is 2.53. The van der Waals surface area contributed by atoms with Crippen LogP contribution in [-0.4, -0.2) is 0 Å². The Balaban J connectivity index is 2.68. The van der Waals surface area contributed by atoms with E-state index in [-0.39, 0.29) is 17.5 Å². The van der Waals surface area contributed by atoms with Crippen LogP contribution in [-0.2, 0) is 0 Å². The molecule has 2 aliphatic rings. The molecular weight excluding hydrogens is 260 g/mol. The molecule has 3 atom stereocenters. The highest BCUT2D eigenvalue weighted by atomic mass is 14.7. The predicted octanol–water partition coefficient (Wildman–Crippen LogP) is 3.16. The molecule has 4 nitrogen and oxygen atoms in total. The van der Waals surface area contributed by atoms with Crippen LogP contribution in [0, 0.1) is 57.2 Å². The van der Waals surface area contributed by atoms with E-state index >= 15 is 0 Å². The van der Waals surface area contributed by atoms with Gasteiger partial charge in [0.25, 0.3) is 0 Å². The molecule has 0 heterocycles. The molecule has 0 spiro atoms. The summed E-state index contributed by atoms with van der Waals surface area (Å²) in [5.74, 6) is 0.516. The molecule has 2 aliphatic carbocycles. The van der Waals surface area contributed by atoms with Crippen LogP contribution in [0.5, 0.6) is 0 Å². The Kier molecular flexibility index (Phi) is 4.06. The topological polar surface area (TPSA) is 97.4 Å². The van der Waals surface area contributed by atoms with Gasteiger partial charge in [-0.2, -0.15) is 15.8 Å². The first-order valence-electron chi connectivity index (χ1n) is 7.52. The fraction of sp³-hybridized carbons (Fsp3) is 0.588. The van der Waals surface area contributed by atoms with Crippen molar-refractivity contribution in [2.75, 3.05) is 0 Å². The zero-order chi connectivity index (χ0) is 15.6. The first-order valence-corrected chi connectivity index (χ1v) is 7.52. The van der Waals surface area contributed by atoms with E-state index in [4.69, 9.17) is 5.73 Å². The summed E-state index contributed by atoms with van der Waals surface area (Å²) in [6, 6.07) is 6.39. The minimum absolute atomic E-state index is 0.0925. The van der Waals surface area contributed by atoms with Gasteiger partial charge in [0.05, 0.1) is 23.4 Å². The minimum Gasteiger partial charge on any atom is -0.399 e. The summed E-state index contributed by atoms with van der Waals surface area (Å²) < 4.78 is 0. The van der Waals surface area contributed by atoms with Crippen LogP contribution in [0.4, 0.5) is 0 Å². The second-order valence-electron chi connectivity index (χ2n) is 5.96. The summed E-state index contributed by atoms with van der Waals surface area (Å²) in [5.41, 5.74) is 6.22. The molecule has 0 aromatic carbocycles. The summed E-state index contributed by atoms with van der Waals surface area (Å²) in [4.78, 5) is 0. The molecule has 4 heteroatoms. The molecule has 0 aliphatic heterocycles. The van der Waals surface area contributed by atoms with Crippen molar-refractivity contribution in [3.63, 3.8) is 0 Å². The van der Waals surface area contributed by atoms with E-state index in [0.29, 0.717) is 17.9 Å². The molecule has 0 aromatic rings. The van der Waals surface area contributed by atoms with Crippen LogP contribution in [0.3, 0.4) is 0 Å². The fourth-order valence-electron chi connectivity index (χ4n) is 3.91. The number of nitrogens with zero attached hydrogens (tertiary/aromatic N) is 3. The lowest BCUT2D eigenvalue weighted by atomic mass is 9.56. The van der Waals surface area contributed by atoms with Crippen LogP contribution in [0.15, 0.2) is 22.9 Å². The highest BCUT2D eigenvalue weighted by molar-refractivity contribution is 5.56. The maximum Gasteiger partial charge on any atom is 0.187 e. The maximum atomic E-state index is 9.62. The third kappa shape index (κ3) is 2.01. The molecule has 0 aromatic heterocycles. The molecule has 0 saturated heterocycles. The first kappa shape index (κ1) is 15.1. The zero-order valence-electron chi connectivity index (χ0n) is 12.6. The monoisotopic (exact) mass is 280 g/mol.